The lowest BCUT2D eigenvalue weighted by molar-refractivity contribution is 0.0923. The van der Waals surface area contributed by atoms with Crippen LogP contribution < -0.4 is 10.0 Å². The topological polar surface area (TPSA) is 95.5 Å². The molecule has 1 rings (SSSR count). The lowest BCUT2D eigenvalue weighted by atomic mass is 10.1. The molecule has 1 aromatic carbocycles. The molecule has 0 fully saturated rings. The van der Waals surface area contributed by atoms with Crippen LogP contribution >= 0.6 is 0 Å². The number of aliphatic hydroxyl groups is 1. The molecule has 6 nitrogen and oxygen atoms in total. The van der Waals surface area contributed by atoms with E-state index in [1.165, 1.54) is 13.0 Å². The molecule has 0 heterocycles. The van der Waals surface area contributed by atoms with Gasteiger partial charge in [0.05, 0.1) is 6.10 Å². The van der Waals surface area contributed by atoms with E-state index in [9.17, 15) is 17.6 Å². The normalized spacial score (nSPS) is 13.7. The molecule has 1 aromatic rings. The third-order valence-electron chi connectivity index (χ3n) is 2.48. The van der Waals surface area contributed by atoms with E-state index < -0.39 is 38.3 Å². The van der Waals surface area contributed by atoms with Crippen LogP contribution in [0.15, 0.2) is 23.1 Å². The Labute approximate surface area is 129 Å². The first-order valence-electron chi connectivity index (χ1n) is 6.72. The number of rotatable bonds is 5. The maximum Gasteiger partial charge on any atom is 0.251 e. The lowest BCUT2D eigenvalue weighted by Crippen LogP contribution is -2.41. The van der Waals surface area contributed by atoms with Gasteiger partial charge in [-0.25, -0.2) is 17.5 Å². The zero-order valence-electron chi connectivity index (χ0n) is 13.0. The van der Waals surface area contributed by atoms with Gasteiger partial charge in [0.25, 0.3) is 5.91 Å². The molecule has 3 N–H and O–H groups in total. The van der Waals surface area contributed by atoms with Gasteiger partial charge in [-0.2, -0.15) is 0 Å². The van der Waals surface area contributed by atoms with Crippen molar-refractivity contribution in [1.82, 2.24) is 10.0 Å². The molecule has 0 saturated carbocycles. The van der Waals surface area contributed by atoms with Gasteiger partial charge >= 0.3 is 0 Å². The van der Waals surface area contributed by atoms with Gasteiger partial charge in [-0.3, -0.25) is 4.79 Å². The summed E-state index contributed by atoms with van der Waals surface area (Å²) in [5.41, 5.74) is -0.785. The molecule has 0 aliphatic heterocycles. The molecule has 22 heavy (non-hydrogen) atoms. The summed E-state index contributed by atoms with van der Waals surface area (Å²) in [6.07, 6.45) is -0.741. The highest BCUT2D eigenvalue weighted by atomic mass is 32.2. The van der Waals surface area contributed by atoms with E-state index in [1.54, 1.807) is 20.8 Å². The van der Waals surface area contributed by atoms with Crippen molar-refractivity contribution in [3.8, 4) is 0 Å². The number of sulfonamides is 1. The fourth-order valence-electron chi connectivity index (χ4n) is 1.65. The smallest absolute Gasteiger partial charge is 0.251 e. The third kappa shape index (κ3) is 5.36. The monoisotopic (exact) mass is 332 g/mol. The number of amides is 1. The summed E-state index contributed by atoms with van der Waals surface area (Å²) in [6.45, 7) is 6.39. The Balaban J connectivity index is 3.12. The van der Waals surface area contributed by atoms with E-state index in [0.29, 0.717) is 0 Å². The number of carbonyl (C=O) groups excluding carboxylic acids is 1. The summed E-state index contributed by atoms with van der Waals surface area (Å²) in [7, 11) is -4.09. The van der Waals surface area contributed by atoms with Crippen LogP contribution in [0.5, 0.6) is 0 Å². The molecular weight excluding hydrogens is 311 g/mol. The van der Waals surface area contributed by atoms with Crippen LogP contribution in [0.1, 0.15) is 38.1 Å². The summed E-state index contributed by atoms with van der Waals surface area (Å²) >= 11 is 0. The average molecular weight is 332 g/mol. The zero-order chi connectivity index (χ0) is 17.1. The minimum atomic E-state index is -4.09. The van der Waals surface area contributed by atoms with Crippen LogP contribution in [0.25, 0.3) is 0 Å². The molecule has 0 bridgehead atoms. The van der Waals surface area contributed by atoms with Crippen LogP contribution in [0, 0.1) is 5.82 Å². The van der Waals surface area contributed by atoms with Gasteiger partial charge in [-0.1, -0.05) is 0 Å². The molecule has 0 aliphatic carbocycles. The highest BCUT2D eigenvalue weighted by Crippen LogP contribution is 2.18. The number of hydrogen-bond acceptors (Lipinski definition) is 4. The van der Waals surface area contributed by atoms with Crippen molar-refractivity contribution in [2.45, 2.75) is 44.2 Å². The molecule has 0 radical (unpaired) electrons. The first kappa shape index (κ1) is 18.5. The van der Waals surface area contributed by atoms with E-state index in [4.69, 9.17) is 5.11 Å². The van der Waals surface area contributed by atoms with Gasteiger partial charge in [0.2, 0.25) is 10.0 Å². The quantitative estimate of drug-likeness (QED) is 0.750. The molecule has 0 spiro atoms. The van der Waals surface area contributed by atoms with Crippen LogP contribution in [-0.4, -0.2) is 37.6 Å². The van der Waals surface area contributed by atoms with E-state index in [-0.39, 0.29) is 12.1 Å². The maximum atomic E-state index is 13.8. The van der Waals surface area contributed by atoms with Crippen molar-refractivity contribution >= 4 is 15.9 Å². The molecule has 8 heteroatoms. The van der Waals surface area contributed by atoms with Crippen LogP contribution in [0.3, 0.4) is 0 Å². The van der Waals surface area contributed by atoms with Gasteiger partial charge < -0.3 is 10.4 Å². The third-order valence-corrected chi connectivity index (χ3v) is 4.25. The van der Waals surface area contributed by atoms with E-state index in [1.807, 2.05) is 0 Å². The second kappa shape index (κ2) is 6.72. The molecule has 0 saturated heterocycles. The molecule has 1 atom stereocenters. The van der Waals surface area contributed by atoms with Gasteiger partial charge in [0.15, 0.2) is 0 Å². The molecule has 0 aliphatic rings. The minimum Gasteiger partial charge on any atom is -0.392 e. The number of halogens is 1. The van der Waals surface area contributed by atoms with Crippen molar-refractivity contribution < 1.29 is 22.7 Å². The highest BCUT2D eigenvalue weighted by Gasteiger charge is 2.26. The summed E-state index contributed by atoms with van der Waals surface area (Å²) in [5, 5.41) is 11.5. The SMILES string of the molecule is CC(O)CNC(=O)c1ccc(F)c(S(=O)(=O)NC(C)(C)C)c1. The largest absolute Gasteiger partial charge is 0.392 e. The van der Waals surface area contributed by atoms with Crippen molar-refractivity contribution in [1.29, 1.82) is 0 Å². The molecule has 124 valence electrons. The molecular formula is C14H21FN2O4S. The van der Waals surface area contributed by atoms with Gasteiger partial charge in [0.1, 0.15) is 10.7 Å². The van der Waals surface area contributed by atoms with E-state index >= 15 is 0 Å². The van der Waals surface area contributed by atoms with Crippen molar-refractivity contribution in [2.75, 3.05) is 6.54 Å². The fraction of sp³-hybridized carbons (Fsp3) is 0.500. The van der Waals surface area contributed by atoms with Crippen molar-refractivity contribution in [3.63, 3.8) is 0 Å². The second-order valence-corrected chi connectivity index (χ2v) is 7.71. The van der Waals surface area contributed by atoms with Crippen LogP contribution in [-0.2, 0) is 10.0 Å². The van der Waals surface area contributed by atoms with Crippen molar-refractivity contribution in [3.05, 3.63) is 29.6 Å². The van der Waals surface area contributed by atoms with Gasteiger partial charge in [0, 0.05) is 17.6 Å². The standard InChI is InChI=1S/C14H21FN2O4S/c1-9(18)8-16-13(19)10-5-6-11(15)12(7-10)22(20,21)17-14(2,3)4/h5-7,9,17-18H,8H2,1-4H3,(H,16,19). The van der Waals surface area contributed by atoms with Gasteiger partial charge in [-0.15, -0.1) is 0 Å². The Bertz CT molecular complexity index is 651. The molecule has 0 aromatic heterocycles. The Morgan fingerprint density at radius 3 is 2.45 bits per heavy atom. The van der Waals surface area contributed by atoms with Crippen LogP contribution in [0.4, 0.5) is 4.39 Å². The highest BCUT2D eigenvalue weighted by molar-refractivity contribution is 7.89. The Kier molecular flexibility index (Phi) is 5.66. The first-order chi connectivity index (χ1) is 9.92. The van der Waals surface area contributed by atoms with Crippen molar-refractivity contribution in [2.24, 2.45) is 0 Å². The molecule has 1 unspecified atom stereocenters. The predicted molar refractivity (Wildman–Crippen MR) is 80.5 cm³/mol. The average Bonchev–Trinajstić information content (AvgIpc) is 2.33. The second-order valence-electron chi connectivity index (χ2n) is 6.06. The zero-order valence-corrected chi connectivity index (χ0v) is 13.8. The Morgan fingerprint density at radius 1 is 1.36 bits per heavy atom. The minimum absolute atomic E-state index is 0.00339. The number of aliphatic hydroxyl groups excluding tert-OH is 1. The van der Waals surface area contributed by atoms with E-state index in [2.05, 4.69) is 10.0 Å². The fourth-order valence-corrected chi connectivity index (χ4v) is 3.17. The summed E-state index contributed by atoms with van der Waals surface area (Å²) in [6, 6.07) is 3.08. The summed E-state index contributed by atoms with van der Waals surface area (Å²) in [4.78, 5) is 11.3. The van der Waals surface area contributed by atoms with E-state index in [0.717, 1.165) is 12.1 Å². The number of benzene rings is 1. The number of nitrogens with one attached hydrogen (secondary N) is 2. The number of hydrogen-bond donors (Lipinski definition) is 3. The van der Waals surface area contributed by atoms with Gasteiger partial charge in [-0.05, 0) is 45.9 Å². The summed E-state index contributed by atoms with van der Waals surface area (Å²) in [5.74, 6) is -1.53. The molecule has 1 amide bonds. The first-order valence-corrected chi connectivity index (χ1v) is 8.20. The lowest BCUT2D eigenvalue weighted by Gasteiger charge is -2.20. The maximum absolute atomic E-state index is 13.8. The summed E-state index contributed by atoms with van der Waals surface area (Å²) < 4.78 is 40.5. The Hall–Kier alpha value is -1.51. The number of carbonyl (C=O) groups is 1. The Morgan fingerprint density at radius 2 is 1.95 bits per heavy atom. The van der Waals surface area contributed by atoms with Crippen LogP contribution in [0.2, 0.25) is 0 Å². The predicted octanol–water partition coefficient (Wildman–Crippen LogP) is 1.01.